The van der Waals surface area contributed by atoms with E-state index in [4.69, 9.17) is 10.00 Å². The van der Waals surface area contributed by atoms with Crippen molar-refractivity contribution >= 4 is 27.5 Å². The monoisotopic (exact) mass is 358 g/mol. The van der Waals surface area contributed by atoms with Gasteiger partial charge in [-0.05, 0) is 61.4 Å². The Morgan fingerprint density at radius 3 is 2.36 bits per heavy atom. The Morgan fingerprint density at radius 1 is 1.23 bits per heavy atom. The first kappa shape index (κ1) is 16.1. The van der Waals surface area contributed by atoms with Crippen molar-refractivity contribution in [2.24, 2.45) is 0 Å². The van der Waals surface area contributed by atoms with E-state index < -0.39 is 0 Å². The normalized spacial score (nSPS) is 9.91. The number of nitrogens with zero attached hydrogens (tertiary/aromatic N) is 1. The molecule has 0 aliphatic rings. The second-order valence-corrected chi connectivity index (χ2v) is 5.69. The molecular formula is C17H15BrN2O2. The number of aryl methyl sites for hydroxylation is 2. The molecule has 0 aliphatic carbocycles. The van der Waals surface area contributed by atoms with Gasteiger partial charge < -0.3 is 10.1 Å². The van der Waals surface area contributed by atoms with Gasteiger partial charge in [-0.3, -0.25) is 4.79 Å². The van der Waals surface area contributed by atoms with Crippen molar-refractivity contribution in [1.29, 1.82) is 5.26 Å². The summed E-state index contributed by atoms with van der Waals surface area (Å²) in [5.41, 5.74) is 3.30. The largest absolute Gasteiger partial charge is 0.484 e. The lowest BCUT2D eigenvalue weighted by atomic mass is 10.1. The number of ether oxygens (including phenoxy) is 1. The molecule has 5 heteroatoms. The highest BCUT2D eigenvalue weighted by Crippen LogP contribution is 2.26. The van der Waals surface area contributed by atoms with Gasteiger partial charge in [0.2, 0.25) is 0 Å². The Bertz CT molecular complexity index is 710. The molecule has 0 atom stereocenters. The number of anilines is 1. The maximum absolute atomic E-state index is 11.9. The standard InChI is InChI=1S/C17H15BrN2O2/c1-11-7-15(8-12(2)17(11)18)22-10-16(21)20-14-5-3-13(9-19)4-6-14/h3-8H,10H2,1-2H3,(H,20,21). The van der Waals surface area contributed by atoms with Crippen LogP contribution in [0.2, 0.25) is 0 Å². The van der Waals surface area contributed by atoms with Gasteiger partial charge in [0, 0.05) is 10.2 Å². The number of carbonyl (C=O) groups excluding carboxylic acids is 1. The molecule has 4 nitrogen and oxygen atoms in total. The summed E-state index contributed by atoms with van der Waals surface area (Å²) in [5, 5.41) is 11.4. The fourth-order valence-corrected chi connectivity index (χ4v) is 2.19. The van der Waals surface area contributed by atoms with Gasteiger partial charge in [0.1, 0.15) is 5.75 Å². The van der Waals surface area contributed by atoms with Crippen molar-refractivity contribution < 1.29 is 9.53 Å². The van der Waals surface area contributed by atoms with E-state index in [1.165, 1.54) is 0 Å². The van der Waals surface area contributed by atoms with Crippen LogP contribution in [-0.2, 0) is 4.79 Å². The summed E-state index contributed by atoms with van der Waals surface area (Å²) in [6, 6.07) is 12.5. The molecule has 0 saturated heterocycles. The van der Waals surface area contributed by atoms with Crippen LogP contribution in [0, 0.1) is 25.2 Å². The minimum Gasteiger partial charge on any atom is -0.484 e. The van der Waals surface area contributed by atoms with Crippen LogP contribution >= 0.6 is 15.9 Å². The van der Waals surface area contributed by atoms with Gasteiger partial charge in [0.15, 0.2) is 6.61 Å². The molecule has 0 aliphatic heterocycles. The van der Waals surface area contributed by atoms with E-state index >= 15 is 0 Å². The highest BCUT2D eigenvalue weighted by atomic mass is 79.9. The van der Waals surface area contributed by atoms with Crippen LogP contribution < -0.4 is 10.1 Å². The second-order valence-electron chi connectivity index (χ2n) is 4.90. The smallest absolute Gasteiger partial charge is 0.262 e. The van der Waals surface area contributed by atoms with Gasteiger partial charge in [-0.15, -0.1) is 0 Å². The van der Waals surface area contributed by atoms with Gasteiger partial charge in [0.05, 0.1) is 11.6 Å². The van der Waals surface area contributed by atoms with Crippen LogP contribution in [0.25, 0.3) is 0 Å². The molecule has 22 heavy (non-hydrogen) atoms. The number of nitrogens with one attached hydrogen (secondary N) is 1. The average Bonchev–Trinajstić information content (AvgIpc) is 2.51. The summed E-state index contributed by atoms with van der Waals surface area (Å²) in [5.74, 6) is 0.413. The maximum Gasteiger partial charge on any atom is 0.262 e. The molecule has 0 saturated carbocycles. The summed E-state index contributed by atoms with van der Waals surface area (Å²) in [4.78, 5) is 11.9. The Kier molecular flexibility index (Phi) is 5.18. The number of hydrogen-bond acceptors (Lipinski definition) is 3. The Labute approximate surface area is 137 Å². The van der Waals surface area contributed by atoms with E-state index in [9.17, 15) is 4.79 Å². The highest BCUT2D eigenvalue weighted by molar-refractivity contribution is 9.10. The van der Waals surface area contributed by atoms with Crippen LogP contribution in [0.4, 0.5) is 5.69 Å². The molecule has 1 N–H and O–H groups in total. The van der Waals surface area contributed by atoms with Crippen molar-refractivity contribution in [3.05, 3.63) is 57.6 Å². The maximum atomic E-state index is 11.9. The SMILES string of the molecule is Cc1cc(OCC(=O)Nc2ccc(C#N)cc2)cc(C)c1Br. The van der Waals surface area contributed by atoms with Gasteiger partial charge in [0.25, 0.3) is 5.91 Å². The molecule has 0 unspecified atom stereocenters. The first-order chi connectivity index (χ1) is 10.5. The number of amides is 1. The van der Waals surface area contributed by atoms with E-state index in [-0.39, 0.29) is 12.5 Å². The fraction of sp³-hybridized carbons (Fsp3) is 0.176. The van der Waals surface area contributed by atoms with Crippen molar-refractivity contribution in [3.63, 3.8) is 0 Å². The minimum absolute atomic E-state index is 0.0689. The third-order valence-corrected chi connectivity index (χ3v) is 4.33. The summed E-state index contributed by atoms with van der Waals surface area (Å²) in [7, 11) is 0. The average molecular weight is 359 g/mol. The van der Waals surface area contributed by atoms with Crippen LogP contribution in [0.3, 0.4) is 0 Å². The molecule has 112 valence electrons. The molecule has 0 spiro atoms. The molecule has 2 rings (SSSR count). The van der Waals surface area contributed by atoms with Crippen molar-refractivity contribution in [2.75, 3.05) is 11.9 Å². The zero-order valence-electron chi connectivity index (χ0n) is 12.3. The van der Waals surface area contributed by atoms with Gasteiger partial charge >= 0.3 is 0 Å². The number of halogens is 1. The lowest BCUT2D eigenvalue weighted by molar-refractivity contribution is -0.118. The quantitative estimate of drug-likeness (QED) is 0.899. The summed E-state index contributed by atoms with van der Waals surface area (Å²) >= 11 is 3.49. The predicted molar refractivity (Wildman–Crippen MR) is 88.9 cm³/mol. The first-order valence-corrected chi connectivity index (χ1v) is 7.48. The molecule has 0 fully saturated rings. The summed E-state index contributed by atoms with van der Waals surface area (Å²) in [6.07, 6.45) is 0. The third kappa shape index (κ3) is 4.09. The Hall–Kier alpha value is -2.32. The molecule has 1 amide bonds. The molecule has 0 bridgehead atoms. The van der Waals surface area contributed by atoms with Gasteiger partial charge in [-0.2, -0.15) is 5.26 Å². The number of hydrogen-bond donors (Lipinski definition) is 1. The van der Waals surface area contributed by atoms with E-state index in [2.05, 4.69) is 21.2 Å². The highest BCUT2D eigenvalue weighted by Gasteiger charge is 2.07. The van der Waals surface area contributed by atoms with Crippen molar-refractivity contribution in [1.82, 2.24) is 0 Å². The second kappa shape index (κ2) is 7.10. The van der Waals surface area contributed by atoms with Gasteiger partial charge in [-0.1, -0.05) is 15.9 Å². The van der Waals surface area contributed by atoms with Crippen molar-refractivity contribution in [2.45, 2.75) is 13.8 Å². The van der Waals surface area contributed by atoms with E-state index in [1.54, 1.807) is 24.3 Å². The molecule has 0 aromatic heterocycles. The van der Waals surface area contributed by atoms with Gasteiger partial charge in [-0.25, -0.2) is 0 Å². The molecule has 2 aromatic rings. The zero-order chi connectivity index (χ0) is 16.1. The van der Waals surface area contributed by atoms with Crippen LogP contribution in [0.1, 0.15) is 16.7 Å². The first-order valence-electron chi connectivity index (χ1n) is 6.69. The molecule has 0 radical (unpaired) electrons. The molecule has 0 heterocycles. The fourth-order valence-electron chi connectivity index (χ4n) is 1.96. The molecular weight excluding hydrogens is 344 g/mol. The van der Waals surface area contributed by atoms with Crippen LogP contribution in [-0.4, -0.2) is 12.5 Å². The van der Waals surface area contributed by atoms with E-state index in [0.717, 1.165) is 15.6 Å². The van der Waals surface area contributed by atoms with Crippen LogP contribution in [0.5, 0.6) is 5.75 Å². The topological polar surface area (TPSA) is 62.1 Å². The zero-order valence-corrected chi connectivity index (χ0v) is 13.9. The Morgan fingerprint density at radius 2 is 1.82 bits per heavy atom. The van der Waals surface area contributed by atoms with Crippen LogP contribution in [0.15, 0.2) is 40.9 Å². The lowest BCUT2D eigenvalue weighted by Gasteiger charge is -2.10. The predicted octanol–water partition coefficient (Wildman–Crippen LogP) is 3.96. The summed E-state index contributed by atoms with van der Waals surface area (Å²) in [6.45, 7) is 3.88. The number of carbonyl (C=O) groups is 1. The number of rotatable bonds is 4. The number of benzene rings is 2. The Balaban J connectivity index is 1.94. The lowest BCUT2D eigenvalue weighted by Crippen LogP contribution is -2.20. The van der Waals surface area contributed by atoms with E-state index in [0.29, 0.717) is 17.0 Å². The molecule has 2 aromatic carbocycles. The minimum atomic E-state index is -0.247. The number of nitriles is 1. The summed E-state index contributed by atoms with van der Waals surface area (Å²) < 4.78 is 6.56. The van der Waals surface area contributed by atoms with Crippen molar-refractivity contribution in [3.8, 4) is 11.8 Å². The van der Waals surface area contributed by atoms with E-state index in [1.807, 2.05) is 32.0 Å². The third-order valence-electron chi connectivity index (χ3n) is 3.08.